The lowest BCUT2D eigenvalue weighted by molar-refractivity contribution is 0.674. The van der Waals surface area contributed by atoms with E-state index in [0.29, 0.717) is 0 Å². The van der Waals surface area contributed by atoms with Gasteiger partial charge in [-0.15, -0.1) is 0 Å². The topological polar surface area (TPSA) is 23.8 Å². The number of rotatable bonds is 7. The van der Waals surface area contributed by atoms with Crippen LogP contribution in [-0.4, -0.2) is 0 Å². The van der Waals surface area contributed by atoms with Crippen molar-refractivity contribution in [2.45, 2.75) is 39.0 Å². The molecule has 0 amide bonds. The van der Waals surface area contributed by atoms with Crippen LogP contribution in [-0.2, 0) is 0 Å². The maximum absolute atomic E-state index is 9.06. The summed E-state index contributed by atoms with van der Waals surface area (Å²) in [6.45, 7) is 2.21. The minimum absolute atomic E-state index is 0.719. The number of allylic oxidation sites excluding steroid dienone is 3. The lowest BCUT2D eigenvalue weighted by Gasteiger charge is -1.95. The molecule has 0 saturated heterocycles. The van der Waals surface area contributed by atoms with Crippen LogP contribution >= 0.6 is 0 Å². The third-order valence-electron chi connectivity index (χ3n) is 2.77. The smallest absolute Gasteiger partial charge is 0.0991 e. The maximum atomic E-state index is 9.06. The molecule has 1 heteroatoms. The number of hydrogen-bond donors (Lipinski definition) is 0. The first-order valence-corrected chi connectivity index (χ1v) is 6.70. The number of nitriles is 1. The van der Waals surface area contributed by atoms with Crippen molar-refractivity contribution in [3.63, 3.8) is 0 Å². The van der Waals surface area contributed by atoms with Crippen LogP contribution in [0.2, 0.25) is 0 Å². The van der Waals surface area contributed by atoms with E-state index >= 15 is 0 Å². The maximum Gasteiger partial charge on any atom is 0.0991 e. The fourth-order valence-corrected chi connectivity index (χ4v) is 1.75. The fourth-order valence-electron chi connectivity index (χ4n) is 1.75. The van der Waals surface area contributed by atoms with Gasteiger partial charge in [-0.05, 0) is 30.6 Å². The van der Waals surface area contributed by atoms with E-state index in [1.807, 2.05) is 42.5 Å². The van der Waals surface area contributed by atoms with Crippen molar-refractivity contribution in [1.82, 2.24) is 0 Å². The first-order valence-electron chi connectivity index (χ1n) is 6.70. The zero-order chi connectivity index (χ0) is 13.1. The van der Waals surface area contributed by atoms with Crippen molar-refractivity contribution in [1.29, 1.82) is 5.26 Å². The largest absolute Gasteiger partial charge is 0.192 e. The van der Waals surface area contributed by atoms with E-state index in [0.717, 1.165) is 17.6 Å². The predicted molar refractivity (Wildman–Crippen MR) is 77.9 cm³/mol. The second-order valence-electron chi connectivity index (χ2n) is 4.37. The van der Waals surface area contributed by atoms with Crippen LogP contribution in [0.3, 0.4) is 0 Å². The Balaban J connectivity index is 2.45. The van der Waals surface area contributed by atoms with Gasteiger partial charge >= 0.3 is 0 Å². The fraction of sp³-hybridized carbons (Fsp3) is 0.353. The Labute approximate surface area is 110 Å². The third-order valence-corrected chi connectivity index (χ3v) is 2.77. The number of hydrogen-bond acceptors (Lipinski definition) is 1. The molecule has 0 radical (unpaired) electrons. The number of nitrogens with zero attached hydrogens (tertiary/aromatic N) is 1. The molecule has 0 N–H and O–H groups in total. The molecule has 94 valence electrons. The molecule has 0 aliphatic rings. The summed E-state index contributed by atoms with van der Waals surface area (Å²) in [6.07, 6.45) is 12.1. The molecule has 0 unspecified atom stereocenters. The highest BCUT2D eigenvalue weighted by Gasteiger charge is 1.91. The molecule has 18 heavy (non-hydrogen) atoms. The van der Waals surface area contributed by atoms with Gasteiger partial charge in [0.1, 0.15) is 0 Å². The first-order chi connectivity index (χ1) is 8.86. The normalized spacial score (nSPS) is 11.7. The summed E-state index contributed by atoms with van der Waals surface area (Å²) < 4.78 is 0. The van der Waals surface area contributed by atoms with E-state index in [-0.39, 0.29) is 0 Å². The van der Waals surface area contributed by atoms with Crippen molar-refractivity contribution >= 4 is 6.08 Å². The minimum atomic E-state index is 0.719. The average molecular weight is 239 g/mol. The third kappa shape index (κ3) is 6.06. The molecule has 0 spiro atoms. The van der Waals surface area contributed by atoms with Gasteiger partial charge < -0.3 is 0 Å². The van der Waals surface area contributed by atoms with Gasteiger partial charge in [-0.25, -0.2) is 0 Å². The van der Waals surface area contributed by atoms with Gasteiger partial charge in [0, 0.05) is 0 Å². The van der Waals surface area contributed by atoms with E-state index in [1.165, 1.54) is 25.7 Å². The number of unbranched alkanes of at least 4 members (excludes halogenated alkanes) is 4. The van der Waals surface area contributed by atoms with Gasteiger partial charge in [0.15, 0.2) is 0 Å². The van der Waals surface area contributed by atoms with Gasteiger partial charge in [-0.2, -0.15) is 5.26 Å². The van der Waals surface area contributed by atoms with E-state index in [9.17, 15) is 0 Å². The molecule has 0 saturated carbocycles. The molecule has 0 heterocycles. The van der Waals surface area contributed by atoms with E-state index < -0.39 is 0 Å². The Kier molecular flexibility index (Phi) is 7.32. The SMILES string of the molecule is CCCCCC/C=C/C(C#N)=C\c1ccccc1. The highest BCUT2D eigenvalue weighted by molar-refractivity contribution is 5.60. The molecular weight excluding hydrogens is 218 g/mol. The van der Waals surface area contributed by atoms with Crippen molar-refractivity contribution < 1.29 is 0 Å². The first kappa shape index (κ1) is 14.3. The van der Waals surface area contributed by atoms with Crippen LogP contribution in [0.25, 0.3) is 6.08 Å². The van der Waals surface area contributed by atoms with Gasteiger partial charge in [0.2, 0.25) is 0 Å². The average Bonchev–Trinajstić information content (AvgIpc) is 2.42. The van der Waals surface area contributed by atoms with E-state index in [2.05, 4.69) is 19.1 Å². The monoisotopic (exact) mass is 239 g/mol. The van der Waals surface area contributed by atoms with Gasteiger partial charge in [-0.3, -0.25) is 0 Å². The Hall–Kier alpha value is -1.81. The highest BCUT2D eigenvalue weighted by atomic mass is 14.2. The Morgan fingerprint density at radius 1 is 1.17 bits per heavy atom. The summed E-state index contributed by atoms with van der Waals surface area (Å²) in [6, 6.07) is 12.2. The Bertz CT molecular complexity index is 421. The Morgan fingerprint density at radius 3 is 2.61 bits per heavy atom. The van der Waals surface area contributed by atoms with Crippen molar-refractivity contribution in [2.24, 2.45) is 0 Å². The summed E-state index contributed by atoms with van der Waals surface area (Å²) in [4.78, 5) is 0. The van der Waals surface area contributed by atoms with E-state index in [4.69, 9.17) is 5.26 Å². The lowest BCUT2D eigenvalue weighted by atomic mass is 10.1. The summed E-state index contributed by atoms with van der Waals surface area (Å²) >= 11 is 0. The van der Waals surface area contributed by atoms with Crippen LogP contribution in [0.5, 0.6) is 0 Å². The van der Waals surface area contributed by atoms with Crippen LogP contribution < -0.4 is 0 Å². The van der Waals surface area contributed by atoms with Crippen LogP contribution in [0, 0.1) is 11.3 Å². The second-order valence-corrected chi connectivity index (χ2v) is 4.37. The molecule has 1 nitrogen and oxygen atoms in total. The molecule has 0 aromatic heterocycles. The van der Waals surface area contributed by atoms with Crippen molar-refractivity contribution in [2.75, 3.05) is 0 Å². The van der Waals surface area contributed by atoms with Crippen LogP contribution in [0.1, 0.15) is 44.6 Å². The van der Waals surface area contributed by atoms with Gasteiger partial charge in [-0.1, -0.05) is 62.6 Å². The number of benzene rings is 1. The molecule has 1 aromatic rings. The van der Waals surface area contributed by atoms with Gasteiger partial charge in [0.05, 0.1) is 11.6 Å². The van der Waals surface area contributed by atoms with Gasteiger partial charge in [0.25, 0.3) is 0 Å². The quantitative estimate of drug-likeness (QED) is 0.368. The zero-order valence-corrected chi connectivity index (χ0v) is 11.1. The summed E-state index contributed by atoms with van der Waals surface area (Å²) in [5.41, 5.74) is 1.79. The van der Waals surface area contributed by atoms with Crippen molar-refractivity contribution in [3.05, 3.63) is 53.6 Å². The Morgan fingerprint density at radius 2 is 1.94 bits per heavy atom. The zero-order valence-electron chi connectivity index (χ0n) is 11.1. The minimum Gasteiger partial charge on any atom is -0.192 e. The molecule has 0 aliphatic heterocycles. The molecule has 1 rings (SSSR count). The predicted octanol–water partition coefficient (Wildman–Crippen LogP) is 5.12. The molecule has 0 fully saturated rings. The second kappa shape index (κ2) is 9.24. The molecular formula is C17H21N. The molecule has 1 aromatic carbocycles. The summed E-state index contributed by atoms with van der Waals surface area (Å²) in [7, 11) is 0. The highest BCUT2D eigenvalue weighted by Crippen LogP contribution is 2.08. The molecule has 0 atom stereocenters. The lowest BCUT2D eigenvalue weighted by Crippen LogP contribution is -1.77. The molecule has 0 aliphatic carbocycles. The van der Waals surface area contributed by atoms with Crippen LogP contribution in [0.15, 0.2) is 48.1 Å². The molecule has 0 bridgehead atoms. The van der Waals surface area contributed by atoms with E-state index in [1.54, 1.807) is 0 Å². The summed E-state index contributed by atoms with van der Waals surface area (Å²) in [5.74, 6) is 0. The van der Waals surface area contributed by atoms with Crippen molar-refractivity contribution in [3.8, 4) is 6.07 Å². The van der Waals surface area contributed by atoms with Crippen LogP contribution in [0.4, 0.5) is 0 Å². The summed E-state index contributed by atoms with van der Waals surface area (Å²) in [5, 5.41) is 9.06. The standard InChI is InChI=1S/C17H21N/c1-2-3-4-5-6-8-13-17(15-18)14-16-11-9-7-10-12-16/h7-14H,2-6H2,1H3/b13-8+,17-14+.